The summed E-state index contributed by atoms with van der Waals surface area (Å²) >= 11 is 0. The zero-order chi connectivity index (χ0) is 13.7. The van der Waals surface area contributed by atoms with Crippen LogP contribution in [0.1, 0.15) is 5.56 Å². The van der Waals surface area contributed by atoms with E-state index in [0.717, 1.165) is 5.69 Å². The third kappa shape index (κ3) is 3.64. The standard InChI is InChI=1S/C13H12BFN2O2/c15-13-7-6-10(8-12(13)14(18)19)9-16-17-11-4-2-1-3-5-11/h1-9,17-19H. The predicted octanol–water partition coefficient (Wildman–Crippen LogP) is 0.951. The molecule has 19 heavy (non-hydrogen) atoms. The fourth-order valence-corrected chi connectivity index (χ4v) is 1.53. The molecule has 0 saturated heterocycles. The molecule has 0 saturated carbocycles. The van der Waals surface area contributed by atoms with Crippen LogP contribution in [-0.2, 0) is 0 Å². The lowest BCUT2D eigenvalue weighted by Gasteiger charge is -2.03. The number of nitrogens with one attached hydrogen (secondary N) is 1. The normalized spacial score (nSPS) is 10.7. The highest BCUT2D eigenvalue weighted by Crippen LogP contribution is 2.05. The number of hydrazone groups is 1. The maximum Gasteiger partial charge on any atom is 0.491 e. The first-order valence-electron chi connectivity index (χ1n) is 5.66. The van der Waals surface area contributed by atoms with Gasteiger partial charge in [0.15, 0.2) is 0 Å². The van der Waals surface area contributed by atoms with Gasteiger partial charge in [-0.05, 0) is 23.8 Å². The lowest BCUT2D eigenvalue weighted by atomic mass is 9.79. The molecule has 0 radical (unpaired) electrons. The molecular formula is C13H12BFN2O2. The molecule has 2 aromatic carbocycles. The number of hydrogen-bond donors (Lipinski definition) is 3. The van der Waals surface area contributed by atoms with Crippen LogP contribution in [0.2, 0.25) is 0 Å². The van der Waals surface area contributed by atoms with Gasteiger partial charge < -0.3 is 10.0 Å². The van der Waals surface area contributed by atoms with Crippen molar-refractivity contribution in [2.45, 2.75) is 0 Å². The first-order chi connectivity index (χ1) is 9.16. The van der Waals surface area contributed by atoms with Gasteiger partial charge in [0.2, 0.25) is 0 Å². The van der Waals surface area contributed by atoms with E-state index in [2.05, 4.69) is 10.5 Å². The Morgan fingerprint density at radius 3 is 2.53 bits per heavy atom. The zero-order valence-electron chi connectivity index (χ0n) is 9.99. The number of halogens is 1. The smallest absolute Gasteiger partial charge is 0.423 e. The highest BCUT2D eigenvalue weighted by atomic mass is 19.1. The van der Waals surface area contributed by atoms with E-state index < -0.39 is 12.9 Å². The summed E-state index contributed by atoms with van der Waals surface area (Å²) in [7, 11) is -1.84. The van der Waals surface area contributed by atoms with E-state index in [9.17, 15) is 4.39 Å². The number of benzene rings is 2. The van der Waals surface area contributed by atoms with Gasteiger partial charge in [0.25, 0.3) is 0 Å². The summed E-state index contributed by atoms with van der Waals surface area (Å²) in [4.78, 5) is 0. The average molecular weight is 258 g/mol. The Bertz CT molecular complexity index is 576. The van der Waals surface area contributed by atoms with Crippen LogP contribution in [0.15, 0.2) is 53.6 Å². The third-order valence-electron chi connectivity index (χ3n) is 2.48. The van der Waals surface area contributed by atoms with Crippen LogP contribution in [0.3, 0.4) is 0 Å². The van der Waals surface area contributed by atoms with Gasteiger partial charge in [-0.25, -0.2) is 4.39 Å². The van der Waals surface area contributed by atoms with Crippen molar-refractivity contribution in [3.05, 3.63) is 59.9 Å². The molecule has 0 amide bonds. The Hall–Kier alpha value is -2.18. The molecule has 0 heterocycles. The largest absolute Gasteiger partial charge is 0.491 e. The maximum absolute atomic E-state index is 13.2. The van der Waals surface area contributed by atoms with E-state index in [1.165, 1.54) is 24.4 Å². The molecule has 0 aliphatic rings. The topological polar surface area (TPSA) is 64.8 Å². The number of rotatable bonds is 4. The molecule has 6 heteroatoms. The molecule has 4 nitrogen and oxygen atoms in total. The highest BCUT2D eigenvalue weighted by Gasteiger charge is 2.16. The first kappa shape index (κ1) is 13.3. The number of nitrogens with zero attached hydrogens (tertiary/aromatic N) is 1. The van der Waals surface area contributed by atoms with Gasteiger partial charge in [0.1, 0.15) is 5.82 Å². The third-order valence-corrected chi connectivity index (χ3v) is 2.48. The molecule has 0 aliphatic carbocycles. The Morgan fingerprint density at radius 1 is 1.11 bits per heavy atom. The average Bonchev–Trinajstić information content (AvgIpc) is 2.41. The van der Waals surface area contributed by atoms with Gasteiger partial charge in [-0.1, -0.05) is 30.3 Å². The minimum Gasteiger partial charge on any atom is -0.423 e. The summed E-state index contributed by atoms with van der Waals surface area (Å²) < 4.78 is 13.2. The molecule has 2 rings (SSSR count). The number of para-hydroxylation sites is 1. The Morgan fingerprint density at radius 2 is 1.84 bits per heavy atom. The van der Waals surface area contributed by atoms with Crippen molar-refractivity contribution in [2.24, 2.45) is 5.10 Å². The zero-order valence-corrected chi connectivity index (χ0v) is 9.99. The Labute approximate surface area is 110 Å². The SMILES string of the molecule is OB(O)c1cc(C=NNc2ccccc2)ccc1F. The molecule has 0 spiro atoms. The van der Waals surface area contributed by atoms with Crippen LogP contribution in [0.25, 0.3) is 0 Å². The monoisotopic (exact) mass is 258 g/mol. The van der Waals surface area contributed by atoms with Crippen molar-refractivity contribution in [3.63, 3.8) is 0 Å². The minimum absolute atomic E-state index is 0.177. The van der Waals surface area contributed by atoms with Crippen LogP contribution in [0.4, 0.5) is 10.1 Å². The van der Waals surface area contributed by atoms with Crippen LogP contribution in [-0.4, -0.2) is 23.4 Å². The lowest BCUT2D eigenvalue weighted by Crippen LogP contribution is -2.33. The van der Waals surface area contributed by atoms with Crippen LogP contribution < -0.4 is 10.9 Å². The summed E-state index contributed by atoms with van der Waals surface area (Å²) in [6.45, 7) is 0. The van der Waals surface area contributed by atoms with Gasteiger partial charge in [-0.15, -0.1) is 0 Å². The molecule has 0 unspecified atom stereocenters. The quantitative estimate of drug-likeness (QED) is 0.434. The van der Waals surface area contributed by atoms with E-state index in [1.54, 1.807) is 0 Å². The number of anilines is 1. The van der Waals surface area contributed by atoms with Crippen molar-refractivity contribution in [3.8, 4) is 0 Å². The summed E-state index contributed by atoms with van der Waals surface area (Å²) in [5.74, 6) is -0.664. The highest BCUT2D eigenvalue weighted by molar-refractivity contribution is 6.58. The van der Waals surface area contributed by atoms with E-state index in [0.29, 0.717) is 5.56 Å². The Balaban J connectivity index is 2.09. The molecule has 3 N–H and O–H groups in total. The second-order valence-corrected chi connectivity index (χ2v) is 3.89. The van der Waals surface area contributed by atoms with Crippen molar-refractivity contribution < 1.29 is 14.4 Å². The maximum atomic E-state index is 13.2. The summed E-state index contributed by atoms with van der Waals surface area (Å²) in [5.41, 5.74) is 4.02. The molecule has 0 atom stereocenters. The summed E-state index contributed by atoms with van der Waals surface area (Å²) in [5, 5.41) is 22.0. The molecule has 96 valence electrons. The van der Waals surface area contributed by atoms with E-state index in [4.69, 9.17) is 10.0 Å². The minimum atomic E-state index is -1.84. The molecule has 0 bridgehead atoms. The molecule has 0 fully saturated rings. The van der Waals surface area contributed by atoms with Gasteiger partial charge >= 0.3 is 7.12 Å². The van der Waals surface area contributed by atoms with Gasteiger partial charge in [0, 0.05) is 5.46 Å². The molecule has 0 aliphatic heterocycles. The molecular weight excluding hydrogens is 246 g/mol. The van der Waals surface area contributed by atoms with Crippen LogP contribution >= 0.6 is 0 Å². The fraction of sp³-hybridized carbons (Fsp3) is 0. The summed E-state index contributed by atoms with van der Waals surface area (Å²) in [6.07, 6.45) is 1.47. The fourth-order valence-electron chi connectivity index (χ4n) is 1.53. The van der Waals surface area contributed by atoms with Crippen molar-refractivity contribution in [2.75, 3.05) is 5.43 Å². The van der Waals surface area contributed by atoms with Gasteiger partial charge in [0.05, 0.1) is 11.9 Å². The van der Waals surface area contributed by atoms with E-state index >= 15 is 0 Å². The van der Waals surface area contributed by atoms with Gasteiger partial charge in [-0.2, -0.15) is 5.10 Å². The predicted molar refractivity (Wildman–Crippen MR) is 73.9 cm³/mol. The van der Waals surface area contributed by atoms with Crippen molar-refractivity contribution in [1.82, 2.24) is 0 Å². The first-order valence-corrected chi connectivity index (χ1v) is 5.66. The van der Waals surface area contributed by atoms with Gasteiger partial charge in [-0.3, -0.25) is 5.43 Å². The van der Waals surface area contributed by atoms with Crippen LogP contribution in [0.5, 0.6) is 0 Å². The van der Waals surface area contributed by atoms with Crippen LogP contribution in [0, 0.1) is 5.82 Å². The molecule has 2 aromatic rings. The summed E-state index contributed by atoms with van der Waals surface area (Å²) in [6, 6.07) is 13.3. The number of hydrogen-bond acceptors (Lipinski definition) is 4. The second kappa shape index (κ2) is 6.13. The second-order valence-electron chi connectivity index (χ2n) is 3.89. The van der Waals surface area contributed by atoms with E-state index in [1.807, 2.05) is 30.3 Å². The van der Waals surface area contributed by atoms with Crippen molar-refractivity contribution in [1.29, 1.82) is 0 Å². The molecule has 0 aromatic heterocycles. The Kier molecular flexibility index (Phi) is 4.28. The van der Waals surface area contributed by atoms with E-state index in [-0.39, 0.29) is 5.46 Å². The lowest BCUT2D eigenvalue weighted by molar-refractivity contribution is 0.423. The van der Waals surface area contributed by atoms with Crippen molar-refractivity contribution >= 4 is 24.5 Å².